The molecule has 1 N–H and O–H groups in total. The van der Waals surface area contributed by atoms with E-state index in [4.69, 9.17) is 25.2 Å². The number of esters is 1. The maximum absolute atomic E-state index is 13.7. The van der Waals surface area contributed by atoms with Crippen molar-refractivity contribution in [2.24, 2.45) is 0 Å². The molecular weight excluding hydrogens is 546 g/mol. The minimum absolute atomic E-state index is 0.00309. The van der Waals surface area contributed by atoms with E-state index in [0.29, 0.717) is 11.3 Å². The van der Waals surface area contributed by atoms with Crippen molar-refractivity contribution in [3.8, 4) is 17.0 Å². The second kappa shape index (κ2) is 13.1. The summed E-state index contributed by atoms with van der Waals surface area (Å²) in [6, 6.07) is 19.0. The van der Waals surface area contributed by atoms with Gasteiger partial charge in [0.1, 0.15) is 6.04 Å². The van der Waals surface area contributed by atoms with Gasteiger partial charge in [0.15, 0.2) is 5.78 Å². The van der Waals surface area contributed by atoms with E-state index in [-0.39, 0.29) is 45.9 Å². The van der Waals surface area contributed by atoms with E-state index in [1.165, 1.54) is 49.6 Å². The van der Waals surface area contributed by atoms with Crippen molar-refractivity contribution in [3.63, 3.8) is 0 Å². The first-order valence-corrected chi connectivity index (χ1v) is 13.0. The molecule has 0 unspecified atom stereocenters. The van der Waals surface area contributed by atoms with Gasteiger partial charge in [-0.2, -0.15) is 0 Å². The fraction of sp³-hybridized carbons (Fsp3) is 0.194. The van der Waals surface area contributed by atoms with Gasteiger partial charge in [-0.25, -0.2) is 9.48 Å². The van der Waals surface area contributed by atoms with Crippen LogP contribution in [0.3, 0.4) is 0 Å². The number of aromatic nitrogens is 2. The number of carbonyl (C=O) groups is 3. The van der Waals surface area contributed by atoms with Crippen LogP contribution in [0, 0.1) is 0 Å². The Morgan fingerprint density at radius 2 is 1.76 bits per heavy atom. The first kappa shape index (κ1) is 25.2. The maximum Gasteiger partial charge on any atom is 0.337 e. The molecule has 0 radical (unpaired) electrons. The molecule has 1 atom stereocenters. The van der Waals surface area contributed by atoms with Gasteiger partial charge in [0, 0.05) is 35.2 Å². The summed E-state index contributed by atoms with van der Waals surface area (Å²) in [5, 5.41) is 7.20. The zero-order chi connectivity index (χ0) is 32.0. The highest BCUT2D eigenvalue weighted by Crippen LogP contribution is 2.33. The van der Waals surface area contributed by atoms with Crippen molar-refractivity contribution in [2.45, 2.75) is 25.8 Å². The highest BCUT2D eigenvalue weighted by molar-refractivity contribution is 6.31. The number of hydrogen-bond acceptors (Lipinski definition) is 7. The quantitative estimate of drug-likeness (QED) is 0.199. The summed E-state index contributed by atoms with van der Waals surface area (Å²) in [7, 11) is -1.74. The van der Waals surface area contributed by atoms with Crippen molar-refractivity contribution >= 4 is 34.9 Å². The van der Waals surface area contributed by atoms with Crippen LogP contribution in [0.2, 0.25) is 5.02 Å². The fourth-order valence-electron chi connectivity index (χ4n) is 4.28. The number of rotatable bonds is 10. The van der Waals surface area contributed by atoms with Gasteiger partial charge in [-0.15, -0.1) is 5.10 Å². The summed E-state index contributed by atoms with van der Waals surface area (Å²) < 4.78 is 34.0. The molecular formula is C31H28ClN3O6. The van der Waals surface area contributed by atoms with Gasteiger partial charge in [0.05, 0.1) is 29.4 Å². The van der Waals surface area contributed by atoms with E-state index < -0.39 is 36.4 Å². The number of hydrogen-bond donors (Lipinski definition) is 1. The van der Waals surface area contributed by atoms with Crippen LogP contribution in [0.25, 0.3) is 11.1 Å². The highest BCUT2D eigenvalue weighted by Gasteiger charge is 2.27. The predicted octanol–water partition coefficient (Wildman–Crippen LogP) is 5.37. The molecule has 0 aliphatic carbocycles. The zero-order valence-corrected chi connectivity index (χ0v) is 23.0. The van der Waals surface area contributed by atoms with Crippen LogP contribution in [-0.2, 0) is 16.0 Å². The number of ketones is 1. The number of halogens is 1. The number of carbonyl (C=O) groups excluding carboxylic acids is 3. The lowest BCUT2D eigenvalue weighted by Crippen LogP contribution is -2.36. The molecule has 1 aromatic heterocycles. The normalized spacial score (nSPS) is 12.8. The van der Waals surface area contributed by atoms with Gasteiger partial charge in [-0.05, 0) is 53.6 Å². The number of amides is 1. The highest BCUT2D eigenvalue weighted by atomic mass is 35.5. The molecule has 3 aromatic carbocycles. The molecule has 1 amide bonds. The Balaban J connectivity index is 1.85. The number of Topliss-reactive ketones (excluding diaryl/α,β-unsaturated/α-hetero) is 1. The summed E-state index contributed by atoms with van der Waals surface area (Å²) in [5.74, 6) is -1.97. The third-order valence-electron chi connectivity index (χ3n) is 6.36. The molecule has 210 valence electrons. The molecule has 9 nitrogen and oxygen atoms in total. The number of nitrogens with zero attached hydrogens (tertiary/aromatic N) is 2. The Morgan fingerprint density at radius 1 is 1.02 bits per heavy atom. The minimum atomic E-state index is -2.99. The average Bonchev–Trinajstić information content (AvgIpc) is 3.00. The van der Waals surface area contributed by atoms with Crippen molar-refractivity contribution in [1.29, 1.82) is 0 Å². The standard InChI is InChI=1S/C31H28ClN3O6/c1-4-27(36)23-15-12-21(32)17-24(23)25-18-28(37)35(34-30(25)40-2)26(16-19-8-6-5-7-9-19)29(38)33-22-13-10-20(11-14-22)31(39)41-3/h5-15,17-18,26H,4,16H2,1-3H3,(H,33,38)/t26-/m0/s1/i2D3. The third-order valence-corrected chi connectivity index (χ3v) is 6.59. The predicted molar refractivity (Wildman–Crippen MR) is 156 cm³/mol. The zero-order valence-electron chi connectivity index (χ0n) is 25.2. The van der Waals surface area contributed by atoms with Crippen molar-refractivity contribution in [3.05, 3.63) is 111 Å². The monoisotopic (exact) mass is 576 g/mol. The van der Waals surface area contributed by atoms with Crippen molar-refractivity contribution < 1.29 is 28.0 Å². The van der Waals surface area contributed by atoms with Crippen LogP contribution in [0.15, 0.2) is 83.7 Å². The van der Waals surface area contributed by atoms with Gasteiger partial charge < -0.3 is 14.8 Å². The van der Waals surface area contributed by atoms with Crippen LogP contribution < -0.4 is 15.6 Å². The third kappa shape index (κ3) is 6.70. The number of anilines is 1. The molecule has 41 heavy (non-hydrogen) atoms. The van der Waals surface area contributed by atoms with Gasteiger partial charge in [-0.3, -0.25) is 14.4 Å². The van der Waals surface area contributed by atoms with Crippen LogP contribution in [0.5, 0.6) is 5.88 Å². The van der Waals surface area contributed by atoms with E-state index in [1.54, 1.807) is 37.3 Å². The molecule has 0 fully saturated rings. The molecule has 0 saturated carbocycles. The van der Waals surface area contributed by atoms with Crippen LogP contribution >= 0.6 is 11.6 Å². The molecule has 4 aromatic rings. The Morgan fingerprint density at radius 3 is 2.41 bits per heavy atom. The average molecular weight is 577 g/mol. The Hall–Kier alpha value is -4.76. The second-order valence-electron chi connectivity index (χ2n) is 8.98. The summed E-state index contributed by atoms with van der Waals surface area (Å²) in [4.78, 5) is 51.9. The van der Waals surface area contributed by atoms with Gasteiger partial charge >= 0.3 is 5.97 Å². The molecule has 0 spiro atoms. The lowest BCUT2D eigenvalue weighted by molar-refractivity contribution is -0.119. The van der Waals surface area contributed by atoms with E-state index in [0.717, 1.165) is 10.7 Å². The summed E-state index contributed by atoms with van der Waals surface area (Å²) >= 11 is 6.22. The summed E-state index contributed by atoms with van der Waals surface area (Å²) in [6.07, 6.45) is 0.137. The minimum Gasteiger partial charge on any atom is -0.480 e. The Labute approximate surface area is 245 Å². The van der Waals surface area contributed by atoms with E-state index >= 15 is 0 Å². The number of nitrogens with one attached hydrogen (secondary N) is 1. The Kier molecular flexibility index (Phi) is 8.04. The topological polar surface area (TPSA) is 117 Å². The molecule has 4 rings (SSSR count). The van der Waals surface area contributed by atoms with Crippen LogP contribution in [0.1, 0.15) is 49.8 Å². The molecule has 1 heterocycles. The number of benzene rings is 3. The molecule has 0 aliphatic rings. The fourth-order valence-corrected chi connectivity index (χ4v) is 4.45. The Bertz CT molecular complexity index is 1740. The summed E-state index contributed by atoms with van der Waals surface area (Å²) in [6.45, 7) is 1.66. The van der Waals surface area contributed by atoms with Gasteiger partial charge in [0.25, 0.3) is 5.56 Å². The van der Waals surface area contributed by atoms with Crippen molar-refractivity contribution in [1.82, 2.24) is 9.78 Å². The molecule has 10 heteroatoms. The van der Waals surface area contributed by atoms with Gasteiger partial charge in [0.2, 0.25) is 11.8 Å². The second-order valence-corrected chi connectivity index (χ2v) is 9.41. The molecule has 0 bridgehead atoms. The summed E-state index contributed by atoms with van der Waals surface area (Å²) in [5.41, 5.74) is 0.814. The number of methoxy groups -OCH3 is 2. The lowest BCUT2D eigenvalue weighted by atomic mass is 9.97. The number of ether oxygens (including phenoxy) is 2. The van der Waals surface area contributed by atoms with E-state index in [9.17, 15) is 19.2 Å². The van der Waals surface area contributed by atoms with Gasteiger partial charge in [-0.1, -0.05) is 48.9 Å². The van der Waals surface area contributed by atoms with Crippen molar-refractivity contribution in [2.75, 3.05) is 19.5 Å². The molecule has 0 saturated heterocycles. The molecule has 0 aliphatic heterocycles. The van der Waals surface area contributed by atoms with Crippen LogP contribution in [-0.4, -0.2) is 41.6 Å². The smallest absolute Gasteiger partial charge is 0.337 e. The SMILES string of the molecule is [2H]C([2H])([2H])Oc1nn([C@@H](Cc2ccccc2)C(=O)Nc2ccc(C(=O)OC)cc2)c(=O)cc1-c1cc(Cl)ccc1C(=O)CC. The van der Waals surface area contributed by atoms with E-state index in [1.807, 2.05) is 0 Å². The first-order valence-electron chi connectivity index (χ1n) is 14.1. The van der Waals surface area contributed by atoms with Crippen LogP contribution in [0.4, 0.5) is 5.69 Å². The maximum atomic E-state index is 13.7. The largest absolute Gasteiger partial charge is 0.480 e. The first-order chi connectivity index (χ1) is 20.9. The lowest BCUT2D eigenvalue weighted by Gasteiger charge is -2.20. The van der Waals surface area contributed by atoms with E-state index in [2.05, 4.69) is 10.4 Å².